The molecule has 0 saturated carbocycles. The van der Waals surface area contributed by atoms with Crippen LogP contribution in [0.25, 0.3) is 0 Å². The van der Waals surface area contributed by atoms with Gasteiger partial charge < -0.3 is 10.1 Å². The Balaban J connectivity index is 1.77. The fourth-order valence-corrected chi connectivity index (χ4v) is 4.30. The van der Waals surface area contributed by atoms with Crippen LogP contribution in [0.5, 0.6) is 5.75 Å². The second kappa shape index (κ2) is 9.73. The van der Waals surface area contributed by atoms with Crippen LogP contribution < -0.4 is 10.1 Å². The highest BCUT2D eigenvalue weighted by Gasteiger charge is 2.16. The van der Waals surface area contributed by atoms with E-state index in [4.69, 9.17) is 4.74 Å². The van der Waals surface area contributed by atoms with Crippen LogP contribution >= 0.6 is 15.9 Å². The number of nitrogens with one attached hydrogen (secondary N) is 1. The standard InChI is InChI=1S/C19H22BrNO4S/c1-25-18-10-9-16(12-17(18)20)13-21-19(22)14-26(23,24)11-5-8-15-6-3-2-4-7-15/h2-4,6-7,9-10,12H,5,8,11,13-14H2,1H3,(H,21,22). The van der Waals surface area contributed by atoms with Crippen molar-refractivity contribution in [1.82, 2.24) is 5.32 Å². The second-order valence-corrected chi connectivity index (χ2v) is 8.97. The predicted molar refractivity (Wildman–Crippen MR) is 106 cm³/mol. The zero-order valence-electron chi connectivity index (χ0n) is 14.6. The number of methoxy groups -OCH3 is 1. The number of ether oxygens (including phenoxy) is 1. The Bertz CT molecular complexity index is 838. The van der Waals surface area contributed by atoms with E-state index in [9.17, 15) is 13.2 Å². The number of hydrogen-bond donors (Lipinski definition) is 1. The largest absolute Gasteiger partial charge is 0.496 e. The zero-order valence-corrected chi connectivity index (χ0v) is 17.0. The lowest BCUT2D eigenvalue weighted by Gasteiger charge is -2.09. The molecule has 2 rings (SSSR count). The van der Waals surface area contributed by atoms with Crippen LogP contribution in [0.3, 0.4) is 0 Å². The molecular formula is C19H22BrNO4S. The highest BCUT2D eigenvalue weighted by molar-refractivity contribution is 9.10. The van der Waals surface area contributed by atoms with Crippen LogP contribution in [0, 0.1) is 0 Å². The molecule has 0 aliphatic carbocycles. The summed E-state index contributed by atoms with van der Waals surface area (Å²) in [6.07, 6.45) is 1.19. The Morgan fingerprint density at radius 3 is 2.50 bits per heavy atom. The molecule has 2 aromatic carbocycles. The van der Waals surface area contributed by atoms with Gasteiger partial charge in [0.1, 0.15) is 11.5 Å². The van der Waals surface area contributed by atoms with E-state index in [1.165, 1.54) is 0 Å². The molecule has 1 N–H and O–H groups in total. The summed E-state index contributed by atoms with van der Waals surface area (Å²) in [6.45, 7) is 0.265. The van der Waals surface area contributed by atoms with Crippen LogP contribution in [0.15, 0.2) is 53.0 Å². The molecule has 0 spiro atoms. The summed E-state index contributed by atoms with van der Waals surface area (Å²) in [5, 5.41) is 2.65. The number of hydrogen-bond acceptors (Lipinski definition) is 4. The maximum Gasteiger partial charge on any atom is 0.235 e. The zero-order chi connectivity index (χ0) is 19.0. The SMILES string of the molecule is COc1ccc(CNC(=O)CS(=O)(=O)CCCc2ccccc2)cc1Br. The van der Waals surface area contributed by atoms with Crippen molar-refractivity contribution >= 4 is 31.7 Å². The molecule has 0 aliphatic rings. The van der Waals surface area contributed by atoms with E-state index >= 15 is 0 Å². The highest BCUT2D eigenvalue weighted by atomic mass is 79.9. The summed E-state index contributed by atoms with van der Waals surface area (Å²) in [4.78, 5) is 11.9. The van der Waals surface area contributed by atoms with E-state index in [-0.39, 0.29) is 12.3 Å². The molecule has 0 bridgehead atoms. The summed E-state index contributed by atoms with van der Waals surface area (Å²) in [6, 6.07) is 15.1. The summed E-state index contributed by atoms with van der Waals surface area (Å²) in [7, 11) is -1.84. The third kappa shape index (κ3) is 6.80. The lowest BCUT2D eigenvalue weighted by Crippen LogP contribution is -2.31. The Morgan fingerprint density at radius 2 is 1.85 bits per heavy atom. The molecule has 0 fully saturated rings. The van der Waals surface area contributed by atoms with Gasteiger partial charge >= 0.3 is 0 Å². The van der Waals surface area contributed by atoms with Gasteiger partial charge in [0.05, 0.1) is 17.3 Å². The Morgan fingerprint density at radius 1 is 1.12 bits per heavy atom. The maximum atomic E-state index is 12.1. The Labute approximate surface area is 162 Å². The van der Waals surface area contributed by atoms with Gasteiger partial charge in [-0.25, -0.2) is 8.42 Å². The van der Waals surface area contributed by atoms with Crippen LogP contribution in [0.2, 0.25) is 0 Å². The van der Waals surface area contributed by atoms with Crippen molar-refractivity contribution < 1.29 is 17.9 Å². The quantitative estimate of drug-likeness (QED) is 0.651. The van der Waals surface area contributed by atoms with Gasteiger partial charge in [-0.3, -0.25) is 4.79 Å². The minimum atomic E-state index is -3.42. The van der Waals surface area contributed by atoms with E-state index in [0.717, 1.165) is 15.6 Å². The van der Waals surface area contributed by atoms with Crippen molar-refractivity contribution in [1.29, 1.82) is 0 Å². The molecule has 7 heteroatoms. The molecule has 140 valence electrons. The number of benzene rings is 2. The first kappa shape index (κ1) is 20.5. The lowest BCUT2D eigenvalue weighted by atomic mass is 10.1. The van der Waals surface area contributed by atoms with Gasteiger partial charge in [0.25, 0.3) is 0 Å². The van der Waals surface area contributed by atoms with Crippen molar-refractivity contribution in [2.45, 2.75) is 19.4 Å². The third-order valence-corrected chi connectivity index (χ3v) is 6.05. The van der Waals surface area contributed by atoms with Gasteiger partial charge in [-0.2, -0.15) is 0 Å². The van der Waals surface area contributed by atoms with Crippen molar-refractivity contribution in [3.8, 4) is 5.75 Å². The highest BCUT2D eigenvalue weighted by Crippen LogP contribution is 2.25. The molecular weight excluding hydrogens is 418 g/mol. The van der Waals surface area contributed by atoms with Crippen LogP contribution in [0.4, 0.5) is 0 Å². The van der Waals surface area contributed by atoms with Gasteiger partial charge in [-0.1, -0.05) is 36.4 Å². The van der Waals surface area contributed by atoms with Crippen molar-refractivity contribution in [3.63, 3.8) is 0 Å². The van der Waals surface area contributed by atoms with Crippen LogP contribution in [0.1, 0.15) is 17.5 Å². The molecule has 0 heterocycles. The Hall–Kier alpha value is -1.86. The van der Waals surface area contributed by atoms with Crippen molar-refractivity contribution in [2.24, 2.45) is 0 Å². The molecule has 0 aromatic heterocycles. The maximum absolute atomic E-state index is 12.1. The molecule has 0 aliphatic heterocycles. The first-order chi connectivity index (χ1) is 12.4. The molecule has 0 unspecified atom stereocenters. The summed E-state index contributed by atoms with van der Waals surface area (Å²) < 4.78 is 30.1. The van der Waals surface area contributed by atoms with E-state index in [1.54, 1.807) is 13.2 Å². The summed E-state index contributed by atoms with van der Waals surface area (Å²) in [5.41, 5.74) is 1.95. The van der Waals surface area contributed by atoms with Crippen LogP contribution in [-0.4, -0.2) is 32.9 Å². The van der Waals surface area contributed by atoms with E-state index in [2.05, 4.69) is 21.2 Å². The molecule has 5 nitrogen and oxygen atoms in total. The first-order valence-corrected chi connectivity index (χ1v) is 10.8. The van der Waals surface area contributed by atoms with Gasteiger partial charge in [0.15, 0.2) is 9.84 Å². The smallest absolute Gasteiger partial charge is 0.235 e. The van der Waals surface area contributed by atoms with Crippen molar-refractivity contribution in [2.75, 3.05) is 18.6 Å². The van der Waals surface area contributed by atoms with Gasteiger partial charge in [0, 0.05) is 6.54 Å². The molecule has 1 amide bonds. The third-order valence-electron chi connectivity index (χ3n) is 3.82. The minimum absolute atomic E-state index is 0.00337. The first-order valence-electron chi connectivity index (χ1n) is 8.23. The van der Waals surface area contributed by atoms with Gasteiger partial charge in [-0.05, 0) is 52.0 Å². The number of sulfone groups is 1. The van der Waals surface area contributed by atoms with Crippen molar-refractivity contribution in [3.05, 3.63) is 64.1 Å². The molecule has 0 radical (unpaired) electrons. The number of halogens is 1. The van der Waals surface area contributed by atoms with Gasteiger partial charge in [0.2, 0.25) is 5.91 Å². The second-order valence-electron chi connectivity index (χ2n) is 5.93. The van der Waals surface area contributed by atoms with E-state index < -0.39 is 21.5 Å². The summed E-state index contributed by atoms with van der Waals surface area (Å²) >= 11 is 3.38. The fraction of sp³-hybridized carbons (Fsp3) is 0.316. The van der Waals surface area contributed by atoms with E-state index in [1.807, 2.05) is 42.5 Å². The topological polar surface area (TPSA) is 72.5 Å². The lowest BCUT2D eigenvalue weighted by molar-refractivity contribution is -0.118. The normalized spacial score (nSPS) is 11.2. The molecule has 26 heavy (non-hydrogen) atoms. The van der Waals surface area contributed by atoms with Crippen LogP contribution in [-0.2, 0) is 27.6 Å². The van der Waals surface area contributed by atoms with Gasteiger partial charge in [-0.15, -0.1) is 0 Å². The molecule has 0 saturated heterocycles. The number of carbonyl (C=O) groups is 1. The average Bonchev–Trinajstić information content (AvgIpc) is 2.60. The molecule has 2 aromatic rings. The monoisotopic (exact) mass is 439 g/mol. The fourth-order valence-electron chi connectivity index (χ4n) is 2.48. The predicted octanol–water partition coefficient (Wildman–Crippen LogP) is 3.12. The number of amides is 1. The number of aryl methyl sites for hydroxylation is 1. The minimum Gasteiger partial charge on any atom is -0.496 e. The summed E-state index contributed by atoms with van der Waals surface area (Å²) in [5.74, 6) is -0.277. The number of carbonyl (C=O) groups excluding carboxylic acids is 1. The Kier molecular flexibility index (Phi) is 7.66. The molecule has 0 atom stereocenters. The average molecular weight is 440 g/mol. The number of rotatable bonds is 9. The van der Waals surface area contributed by atoms with E-state index in [0.29, 0.717) is 18.6 Å².